The molecule has 1 aliphatic heterocycles. The number of rotatable bonds is 4. The van der Waals surface area contributed by atoms with E-state index >= 15 is 0 Å². The predicted octanol–water partition coefficient (Wildman–Crippen LogP) is 2.22. The van der Waals surface area contributed by atoms with Crippen LogP contribution in [0.2, 0.25) is 0 Å². The monoisotopic (exact) mass is 367 g/mol. The molecule has 1 atom stereocenters. The highest BCUT2D eigenvalue weighted by Crippen LogP contribution is 2.39. The Balaban J connectivity index is 2.06. The van der Waals surface area contributed by atoms with E-state index in [9.17, 15) is 26.9 Å². The van der Waals surface area contributed by atoms with Crippen LogP contribution in [0.5, 0.6) is 0 Å². The minimum Gasteiger partial charge on any atom is -0.293 e. The zero-order valence-electron chi connectivity index (χ0n) is 13.8. The Morgan fingerprint density at radius 2 is 1.83 bits per heavy atom. The van der Waals surface area contributed by atoms with Gasteiger partial charge in [-0.2, -0.15) is 18.4 Å². The number of halogens is 3. The molecule has 2 fully saturated rings. The summed E-state index contributed by atoms with van der Waals surface area (Å²) in [5.74, 6) is -0.408. The van der Waals surface area contributed by atoms with Gasteiger partial charge in [-0.15, -0.1) is 0 Å². The molecule has 1 heterocycles. The van der Waals surface area contributed by atoms with E-state index in [0.717, 1.165) is 12.8 Å². The molecular weight excluding hydrogens is 343 g/mol. The summed E-state index contributed by atoms with van der Waals surface area (Å²) in [4.78, 5) is 1.26. The highest BCUT2D eigenvalue weighted by Gasteiger charge is 2.42. The number of alkyl halides is 3. The minimum atomic E-state index is -4.29. The van der Waals surface area contributed by atoms with Crippen molar-refractivity contribution in [1.82, 2.24) is 9.21 Å². The van der Waals surface area contributed by atoms with E-state index in [2.05, 4.69) is 6.07 Å². The number of hydrogen-bond acceptors (Lipinski definition) is 4. The molecular formula is C15H24F3N3O2S. The van der Waals surface area contributed by atoms with Gasteiger partial charge in [0.2, 0.25) is 10.0 Å². The standard InChI is InChI=1S/C15H24F3N3O2S/c1-13-8-20(11-15(16,17)18)6-7-21(9-13)24(22,23)12-14(10-19)4-2-3-5-14/h13H,2-9,11-12H2,1H3. The molecule has 1 aliphatic carbocycles. The highest BCUT2D eigenvalue weighted by atomic mass is 32.2. The minimum absolute atomic E-state index is 0.0459. The fraction of sp³-hybridized carbons (Fsp3) is 0.933. The van der Waals surface area contributed by atoms with Gasteiger partial charge in [0.05, 0.1) is 23.8 Å². The Morgan fingerprint density at radius 1 is 1.21 bits per heavy atom. The van der Waals surface area contributed by atoms with Gasteiger partial charge in [-0.3, -0.25) is 4.90 Å². The Bertz CT molecular complexity index is 580. The van der Waals surface area contributed by atoms with Gasteiger partial charge in [0.25, 0.3) is 0 Å². The van der Waals surface area contributed by atoms with E-state index in [-0.39, 0.29) is 37.8 Å². The van der Waals surface area contributed by atoms with Gasteiger partial charge in [-0.05, 0) is 18.8 Å². The molecule has 1 unspecified atom stereocenters. The highest BCUT2D eigenvalue weighted by molar-refractivity contribution is 7.89. The second-order valence-corrected chi connectivity index (χ2v) is 9.14. The third-order valence-corrected chi connectivity index (χ3v) is 6.84. The summed E-state index contributed by atoms with van der Waals surface area (Å²) in [5.41, 5.74) is -0.833. The number of hydrogen-bond donors (Lipinski definition) is 0. The molecule has 0 N–H and O–H groups in total. The van der Waals surface area contributed by atoms with E-state index in [1.54, 1.807) is 6.92 Å². The summed E-state index contributed by atoms with van der Waals surface area (Å²) >= 11 is 0. The van der Waals surface area contributed by atoms with Gasteiger partial charge >= 0.3 is 6.18 Å². The lowest BCUT2D eigenvalue weighted by Gasteiger charge is -2.27. The Morgan fingerprint density at radius 3 is 2.38 bits per heavy atom. The van der Waals surface area contributed by atoms with Gasteiger partial charge < -0.3 is 0 Å². The van der Waals surface area contributed by atoms with Crippen LogP contribution in [0.4, 0.5) is 13.2 Å². The molecule has 0 spiro atoms. The van der Waals surface area contributed by atoms with E-state index < -0.39 is 28.2 Å². The zero-order chi connectivity index (χ0) is 18.0. The second-order valence-electron chi connectivity index (χ2n) is 7.17. The van der Waals surface area contributed by atoms with Crippen LogP contribution in [0.3, 0.4) is 0 Å². The summed E-state index contributed by atoms with van der Waals surface area (Å²) in [7, 11) is -3.66. The zero-order valence-corrected chi connectivity index (χ0v) is 14.7. The Labute approximate surface area is 141 Å². The fourth-order valence-electron chi connectivity index (χ4n) is 3.71. The quantitative estimate of drug-likeness (QED) is 0.764. The van der Waals surface area contributed by atoms with Gasteiger partial charge in [0.1, 0.15) is 0 Å². The second kappa shape index (κ2) is 7.18. The molecule has 1 saturated heterocycles. The maximum Gasteiger partial charge on any atom is 0.401 e. The number of sulfonamides is 1. The third kappa shape index (κ3) is 5.07. The van der Waals surface area contributed by atoms with E-state index in [0.29, 0.717) is 12.8 Å². The van der Waals surface area contributed by atoms with Crippen LogP contribution >= 0.6 is 0 Å². The van der Waals surface area contributed by atoms with Crippen molar-refractivity contribution in [2.45, 2.75) is 38.8 Å². The first-order valence-corrected chi connectivity index (χ1v) is 9.84. The molecule has 0 bridgehead atoms. The Kier molecular flexibility index (Phi) is 5.83. The van der Waals surface area contributed by atoms with Crippen molar-refractivity contribution in [2.75, 3.05) is 38.5 Å². The van der Waals surface area contributed by atoms with Crippen molar-refractivity contribution in [3.63, 3.8) is 0 Å². The normalized spacial score (nSPS) is 26.9. The largest absolute Gasteiger partial charge is 0.401 e. The SMILES string of the molecule is CC1CN(CC(F)(F)F)CCN(S(=O)(=O)CC2(C#N)CCCC2)C1. The van der Waals surface area contributed by atoms with Crippen LogP contribution in [0.25, 0.3) is 0 Å². The predicted molar refractivity (Wildman–Crippen MR) is 83.5 cm³/mol. The van der Waals surface area contributed by atoms with Crippen LogP contribution in [0, 0.1) is 22.7 Å². The molecule has 9 heteroatoms. The average molecular weight is 367 g/mol. The van der Waals surface area contributed by atoms with Crippen molar-refractivity contribution < 1.29 is 21.6 Å². The molecule has 0 aromatic carbocycles. The van der Waals surface area contributed by atoms with Gasteiger partial charge in [-0.25, -0.2) is 12.7 Å². The third-order valence-electron chi connectivity index (χ3n) is 4.80. The first kappa shape index (κ1) is 19.5. The number of nitriles is 1. The lowest BCUT2D eigenvalue weighted by molar-refractivity contribution is -0.146. The Hall–Kier alpha value is -0.850. The van der Waals surface area contributed by atoms with E-state index in [4.69, 9.17) is 0 Å². The van der Waals surface area contributed by atoms with Crippen molar-refractivity contribution in [3.05, 3.63) is 0 Å². The first-order valence-electron chi connectivity index (χ1n) is 8.23. The maximum atomic E-state index is 12.7. The fourth-order valence-corrected chi connectivity index (χ4v) is 5.79. The summed E-state index contributed by atoms with van der Waals surface area (Å²) in [6.45, 7) is 1.26. The van der Waals surface area contributed by atoms with Crippen molar-refractivity contribution in [2.24, 2.45) is 11.3 Å². The summed E-state index contributed by atoms with van der Waals surface area (Å²) in [5, 5.41) is 9.39. The lowest BCUT2D eigenvalue weighted by Crippen LogP contribution is -2.41. The molecule has 24 heavy (non-hydrogen) atoms. The first-order chi connectivity index (χ1) is 11.1. The van der Waals surface area contributed by atoms with Crippen LogP contribution in [-0.4, -0.2) is 62.3 Å². The van der Waals surface area contributed by atoms with Crippen LogP contribution < -0.4 is 0 Å². The van der Waals surface area contributed by atoms with Crippen LogP contribution in [0.15, 0.2) is 0 Å². The summed E-state index contributed by atoms with van der Waals surface area (Å²) < 4.78 is 64.5. The van der Waals surface area contributed by atoms with E-state index in [1.165, 1.54) is 9.21 Å². The molecule has 2 aliphatic rings. The lowest BCUT2D eigenvalue weighted by atomic mass is 9.91. The molecule has 5 nitrogen and oxygen atoms in total. The van der Waals surface area contributed by atoms with Crippen molar-refractivity contribution in [3.8, 4) is 6.07 Å². The van der Waals surface area contributed by atoms with Crippen LogP contribution in [-0.2, 0) is 10.0 Å². The van der Waals surface area contributed by atoms with E-state index in [1.807, 2.05) is 0 Å². The van der Waals surface area contributed by atoms with Crippen LogP contribution in [0.1, 0.15) is 32.6 Å². The van der Waals surface area contributed by atoms with Crippen molar-refractivity contribution >= 4 is 10.0 Å². The summed E-state index contributed by atoms with van der Waals surface area (Å²) in [6.07, 6.45) is -1.45. The molecule has 0 amide bonds. The molecule has 138 valence electrons. The molecule has 1 saturated carbocycles. The topological polar surface area (TPSA) is 64.4 Å². The van der Waals surface area contributed by atoms with Gasteiger partial charge in [0, 0.05) is 26.2 Å². The molecule has 0 radical (unpaired) electrons. The van der Waals surface area contributed by atoms with Crippen molar-refractivity contribution in [1.29, 1.82) is 5.26 Å². The van der Waals surface area contributed by atoms with Gasteiger partial charge in [0.15, 0.2) is 0 Å². The average Bonchev–Trinajstić information content (AvgIpc) is 2.81. The molecule has 0 aromatic heterocycles. The maximum absolute atomic E-state index is 12.7. The molecule has 2 rings (SSSR count). The van der Waals surface area contributed by atoms with Gasteiger partial charge in [-0.1, -0.05) is 19.8 Å². The smallest absolute Gasteiger partial charge is 0.293 e. The summed E-state index contributed by atoms with van der Waals surface area (Å²) in [6, 6.07) is 2.17. The number of nitrogens with zero attached hydrogens (tertiary/aromatic N) is 3. The molecule has 0 aromatic rings.